The third-order valence-electron chi connectivity index (χ3n) is 1.65. The molecule has 15 heavy (non-hydrogen) atoms. The van der Waals surface area contributed by atoms with Crippen molar-refractivity contribution in [2.24, 2.45) is 0 Å². The zero-order valence-corrected chi connectivity index (χ0v) is 9.22. The quantitative estimate of drug-likeness (QED) is 0.636. The number of benzene rings is 1. The average molecular weight is 309 g/mol. The fourth-order valence-corrected chi connectivity index (χ4v) is 1.79. The van der Waals surface area contributed by atoms with Crippen LogP contribution in [-0.4, -0.2) is 0 Å². The summed E-state index contributed by atoms with van der Waals surface area (Å²) in [5.41, 5.74) is -1.70. The van der Waals surface area contributed by atoms with E-state index in [0.29, 0.717) is 12.1 Å². The van der Waals surface area contributed by atoms with Crippen LogP contribution in [0.1, 0.15) is 17.6 Å². The Morgan fingerprint density at radius 2 is 1.73 bits per heavy atom. The smallest absolute Gasteiger partial charge is 0.205 e. The van der Waals surface area contributed by atoms with Gasteiger partial charge >= 0.3 is 6.18 Å². The number of halogens is 7. The second-order valence-corrected chi connectivity index (χ2v) is 3.80. The van der Waals surface area contributed by atoms with Crippen molar-refractivity contribution < 1.29 is 22.0 Å². The van der Waals surface area contributed by atoms with Gasteiger partial charge in [-0.3, -0.25) is 0 Å². The average Bonchev–Trinajstić information content (AvgIpc) is 2.06. The Balaban J connectivity index is 3.34. The van der Waals surface area contributed by atoms with E-state index >= 15 is 0 Å². The molecule has 0 heterocycles. The van der Waals surface area contributed by atoms with Gasteiger partial charge in [0.2, 0.25) is 0 Å². The van der Waals surface area contributed by atoms with E-state index in [-0.39, 0.29) is 0 Å². The molecule has 0 saturated carbocycles. The van der Waals surface area contributed by atoms with E-state index in [9.17, 15) is 22.0 Å². The molecule has 0 radical (unpaired) electrons. The van der Waals surface area contributed by atoms with Crippen LogP contribution < -0.4 is 0 Å². The molecule has 0 N–H and O–H groups in total. The van der Waals surface area contributed by atoms with Crippen LogP contribution in [0.15, 0.2) is 16.6 Å². The van der Waals surface area contributed by atoms with Crippen molar-refractivity contribution in [3.05, 3.63) is 32.8 Å². The minimum atomic E-state index is -4.62. The summed E-state index contributed by atoms with van der Waals surface area (Å²) in [5.74, 6) is 0. The van der Waals surface area contributed by atoms with Crippen LogP contribution >= 0.6 is 27.5 Å². The minimum absolute atomic E-state index is 0.561. The first-order valence-corrected chi connectivity index (χ1v) is 4.75. The summed E-state index contributed by atoms with van der Waals surface area (Å²) < 4.78 is 60.8. The zero-order chi connectivity index (χ0) is 11.8. The maximum absolute atomic E-state index is 12.3. The van der Waals surface area contributed by atoms with Gasteiger partial charge in [0.1, 0.15) is 0 Å². The molecule has 0 aromatic heterocycles. The van der Waals surface area contributed by atoms with Crippen LogP contribution in [0.4, 0.5) is 22.0 Å². The molecule has 0 aliphatic carbocycles. The van der Waals surface area contributed by atoms with Crippen molar-refractivity contribution in [3.8, 4) is 0 Å². The van der Waals surface area contributed by atoms with Gasteiger partial charge in [0.25, 0.3) is 6.43 Å². The number of alkyl halides is 5. The predicted molar refractivity (Wildman–Crippen MR) is 49.1 cm³/mol. The molecule has 0 unspecified atom stereocenters. The number of rotatable bonds is 1. The summed E-state index contributed by atoms with van der Waals surface area (Å²) in [6, 6.07) is 1.23. The molecule has 0 aliphatic rings. The lowest BCUT2D eigenvalue weighted by molar-refractivity contribution is -0.138. The van der Waals surface area contributed by atoms with Crippen LogP contribution in [-0.2, 0) is 6.18 Å². The van der Waals surface area contributed by atoms with Gasteiger partial charge in [-0.15, -0.1) is 0 Å². The SMILES string of the molecule is FC(F)c1ccc(C(F)(F)F)c(Br)c1Cl. The molecular formula is C8H3BrClF5. The lowest BCUT2D eigenvalue weighted by atomic mass is 10.1. The molecular weight excluding hydrogens is 306 g/mol. The molecule has 0 amide bonds. The Morgan fingerprint density at radius 1 is 1.20 bits per heavy atom. The number of hydrogen-bond acceptors (Lipinski definition) is 0. The summed E-state index contributed by atoms with van der Waals surface area (Å²) in [5, 5.41) is -0.611. The third-order valence-corrected chi connectivity index (χ3v) is 3.11. The maximum atomic E-state index is 12.3. The van der Waals surface area contributed by atoms with E-state index in [4.69, 9.17) is 11.6 Å². The van der Waals surface area contributed by atoms with Gasteiger partial charge in [0, 0.05) is 10.0 Å². The van der Waals surface area contributed by atoms with Gasteiger partial charge in [-0.2, -0.15) is 13.2 Å². The Morgan fingerprint density at radius 3 is 2.13 bits per heavy atom. The van der Waals surface area contributed by atoms with E-state index in [1.165, 1.54) is 0 Å². The molecule has 1 rings (SSSR count). The summed E-state index contributed by atoms with van der Waals surface area (Å²) in [6.45, 7) is 0. The monoisotopic (exact) mass is 308 g/mol. The molecule has 7 heteroatoms. The Bertz CT molecular complexity index is 374. The number of hydrogen-bond donors (Lipinski definition) is 0. The fraction of sp³-hybridized carbons (Fsp3) is 0.250. The lowest BCUT2D eigenvalue weighted by Gasteiger charge is -2.12. The summed E-state index contributed by atoms with van der Waals surface area (Å²) in [7, 11) is 0. The highest BCUT2D eigenvalue weighted by Crippen LogP contribution is 2.41. The van der Waals surface area contributed by atoms with E-state index < -0.39 is 33.2 Å². The zero-order valence-electron chi connectivity index (χ0n) is 6.88. The van der Waals surface area contributed by atoms with Crippen LogP contribution in [0, 0.1) is 0 Å². The molecule has 1 aromatic rings. The van der Waals surface area contributed by atoms with Crippen LogP contribution in [0.5, 0.6) is 0 Å². The minimum Gasteiger partial charge on any atom is -0.205 e. The van der Waals surface area contributed by atoms with Crippen molar-refractivity contribution in [2.75, 3.05) is 0 Å². The normalized spacial score (nSPS) is 12.3. The summed E-state index contributed by atoms with van der Waals surface area (Å²) in [4.78, 5) is 0. The Labute approximate surface area is 95.2 Å². The summed E-state index contributed by atoms with van der Waals surface area (Å²) in [6.07, 6.45) is -7.53. The highest BCUT2D eigenvalue weighted by atomic mass is 79.9. The van der Waals surface area contributed by atoms with Gasteiger partial charge < -0.3 is 0 Å². The van der Waals surface area contributed by atoms with Gasteiger partial charge in [-0.25, -0.2) is 8.78 Å². The third kappa shape index (κ3) is 2.60. The highest BCUT2D eigenvalue weighted by Gasteiger charge is 2.34. The molecule has 1 aromatic carbocycles. The Hall–Kier alpha value is -0.360. The lowest BCUT2D eigenvalue weighted by Crippen LogP contribution is -2.07. The van der Waals surface area contributed by atoms with Crippen LogP contribution in [0.3, 0.4) is 0 Å². The second kappa shape index (κ2) is 4.25. The summed E-state index contributed by atoms with van der Waals surface area (Å²) >= 11 is 7.92. The van der Waals surface area contributed by atoms with Gasteiger partial charge in [0.15, 0.2) is 0 Å². The molecule has 0 spiro atoms. The first-order valence-electron chi connectivity index (χ1n) is 3.58. The second-order valence-electron chi connectivity index (χ2n) is 2.63. The van der Waals surface area contributed by atoms with E-state index in [2.05, 4.69) is 15.9 Å². The molecule has 0 saturated heterocycles. The van der Waals surface area contributed by atoms with Crippen molar-refractivity contribution in [2.45, 2.75) is 12.6 Å². The van der Waals surface area contributed by atoms with Crippen molar-refractivity contribution in [3.63, 3.8) is 0 Å². The first kappa shape index (κ1) is 12.7. The molecule has 0 fully saturated rings. The largest absolute Gasteiger partial charge is 0.417 e. The van der Waals surface area contributed by atoms with Gasteiger partial charge in [-0.1, -0.05) is 17.7 Å². The van der Waals surface area contributed by atoms with E-state index in [1.807, 2.05) is 0 Å². The fourth-order valence-electron chi connectivity index (χ4n) is 0.952. The van der Waals surface area contributed by atoms with Gasteiger partial charge in [-0.05, 0) is 22.0 Å². The van der Waals surface area contributed by atoms with Crippen molar-refractivity contribution >= 4 is 27.5 Å². The molecule has 0 nitrogen and oxygen atoms in total. The van der Waals surface area contributed by atoms with E-state index in [0.717, 1.165) is 0 Å². The van der Waals surface area contributed by atoms with Crippen molar-refractivity contribution in [1.29, 1.82) is 0 Å². The maximum Gasteiger partial charge on any atom is 0.417 e. The molecule has 0 bridgehead atoms. The Kier molecular flexibility index (Phi) is 3.60. The van der Waals surface area contributed by atoms with Crippen LogP contribution in [0.25, 0.3) is 0 Å². The molecule has 0 atom stereocenters. The topological polar surface area (TPSA) is 0 Å². The van der Waals surface area contributed by atoms with Crippen LogP contribution in [0.2, 0.25) is 5.02 Å². The predicted octanol–water partition coefficient (Wildman–Crippen LogP) is 5.06. The highest BCUT2D eigenvalue weighted by molar-refractivity contribution is 9.10. The van der Waals surface area contributed by atoms with E-state index in [1.54, 1.807) is 0 Å². The van der Waals surface area contributed by atoms with Crippen molar-refractivity contribution in [1.82, 2.24) is 0 Å². The first-order chi connectivity index (χ1) is 6.75. The standard InChI is InChI=1S/C8H3BrClF5/c9-5-4(8(13,14)15)2-1-3(6(5)10)7(11)12/h1-2,7H. The van der Waals surface area contributed by atoms with Gasteiger partial charge in [0.05, 0.1) is 10.6 Å². The molecule has 0 aliphatic heterocycles. The molecule has 84 valence electrons.